The summed E-state index contributed by atoms with van der Waals surface area (Å²) in [7, 11) is 0. The number of fused-ring (bicyclic) bond motifs is 1. The van der Waals surface area contributed by atoms with Crippen molar-refractivity contribution in [2.45, 2.75) is 19.8 Å². The Hall–Kier alpha value is -2.04. The van der Waals surface area contributed by atoms with Gasteiger partial charge in [-0.2, -0.15) is 0 Å². The maximum absolute atomic E-state index is 11.3. The van der Waals surface area contributed by atoms with Crippen molar-refractivity contribution >= 4 is 12.1 Å². The van der Waals surface area contributed by atoms with E-state index in [9.17, 15) is 9.59 Å². The topological polar surface area (TPSA) is 66.8 Å². The van der Waals surface area contributed by atoms with Crippen LogP contribution in [0.15, 0.2) is 18.2 Å². The summed E-state index contributed by atoms with van der Waals surface area (Å²) in [5.74, 6) is 0.405. The fourth-order valence-corrected chi connectivity index (χ4v) is 2.18. The number of hydrogen-bond donors (Lipinski definition) is 1. The molecule has 0 saturated heterocycles. The van der Waals surface area contributed by atoms with Crippen LogP contribution in [-0.2, 0) is 17.6 Å². The molecule has 1 aliphatic rings. The smallest absolute Gasteiger partial charge is 0.449 e. The zero-order valence-corrected chi connectivity index (χ0v) is 10.2. The monoisotopic (exact) mass is 249 g/mol. The highest BCUT2D eigenvalue weighted by atomic mass is 16.7. The first-order valence-electron chi connectivity index (χ1n) is 5.84. The third-order valence-corrected chi connectivity index (χ3v) is 3.13. The van der Waals surface area contributed by atoms with Crippen molar-refractivity contribution in [1.82, 2.24) is 4.90 Å². The number of carboxylic acid groups (broad SMARTS) is 1. The molecule has 0 fully saturated rings. The molecule has 5 nitrogen and oxygen atoms in total. The molecule has 0 saturated carbocycles. The molecule has 2 rings (SSSR count). The number of hydrogen-bond acceptors (Lipinski definition) is 3. The Morgan fingerprint density at radius 2 is 1.89 bits per heavy atom. The van der Waals surface area contributed by atoms with E-state index in [2.05, 4.69) is 4.74 Å². The molecule has 0 radical (unpaired) electrons. The van der Waals surface area contributed by atoms with Gasteiger partial charge in [0.2, 0.25) is 5.91 Å². The molecule has 0 unspecified atom stereocenters. The van der Waals surface area contributed by atoms with E-state index in [0.717, 1.165) is 24.0 Å². The normalized spacial score (nSPS) is 14.6. The van der Waals surface area contributed by atoms with Gasteiger partial charge in [-0.25, -0.2) is 4.79 Å². The summed E-state index contributed by atoms with van der Waals surface area (Å²) in [6, 6.07) is 5.26. The Kier molecular flexibility index (Phi) is 3.50. The number of rotatable bonds is 1. The quantitative estimate of drug-likeness (QED) is 0.607. The highest BCUT2D eigenvalue weighted by Gasteiger charge is 2.16. The minimum absolute atomic E-state index is 0.0739. The summed E-state index contributed by atoms with van der Waals surface area (Å²) in [6.45, 7) is 2.94. The van der Waals surface area contributed by atoms with Crippen LogP contribution in [0.2, 0.25) is 0 Å². The molecule has 0 aromatic heterocycles. The highest BCUT2D eigenvalue weighted by molar-refractivity contribution is 5.73. The summed E-state index contributed by atoms with van der Waals surface area (Å²) in [5.41, 5.74) is 2.20. The molecular weight excluding hydrogens is 234 g/mol. The number of nitrogens with zero attached hydrogens (tertiary/aromatic N) is 1. The van der Waals surface area contributed by atoms with Gasteiger partial charge in [0, 0.05) is 20.0 Å². The molecule has 18 heavy (non-hydrogen) atoms. The summed E-state index contributed by atoms with van der Waals surface area (Å²) < 4.78 is 4.63. The van der Waals surface area contributed by atoms with E-state index >= 15 is 0 Å². The number of amides is 1. The Morgan fingerprint density at radius 1 is 1.22 bits per heavy atom. The number of carbonyl (C=O) groups is 2. The second-order valence-corrected chi connectivity index (χ2v) is 4.30. The minimum Gasteiger partial charge on any atom is -0.449 e. The first-order chi connectivity index (χ1) is 8.56. The van der Waals surface area contributed by atoms with E-state index in [1.54, 1.807) is 24.0 Å². The van der Waals surface area contributed by atoms with Crippen molar-refractivity contribution in [2.75, 3.05) is 13.1 Å². The first-order valence-corrected chi connectivity index (χ1v) is 5.84. The van der Waals surface area contributed by atoms with E-state index in [1.807, 2.05) is 6.07 Å². The van der Waals surface area contributed by atoms with Crippen LogP contribution in [0.4, 0.5) is 4.79 Å². The van der Waals surface area contributed by atoms with Crippen LogP contribution in [0, 0.1) is 0 Å². The van der Waals surface area contributed by atoms with E-state index in [0.29, 0.717) is 18.8 Å². The van der Waals surface area contributed by atoms with Crippen LogP contribution < -0.4 is 4.74 Å². The van der Waals surface area contributed by atoms with Crippen LogP contribution in [0.1, 0.15) is 18.1 Å². The van der Waals surface area contributed by atoms with Crippen molar-refractivity contribution in [3.05, 3.63) is 29.3 Å². The van der Waals surface area contributed by atoms with E-state index in [1.165, 1.54) is 0 Å². The Morgan fingerprint density at radius 3 is 2.50 bits per heavy atom. The maximum atomic E-state index is 11.3. The van der Waals surface area contributed by atoms with Crippen molar-refractivity contribution < 1.29 is 19.4 Å². The SMILES string of the molecule is CC(=O)N1CCc2ccc(OC(=O)O)cc2CC1. The summed E-state index contributed by atoms with van der Waals surface area (Å²) in [6.07, 6.45) is 0.211. The van der Waals surface area contributed by atoms with Gasteiger partial charge in [-0.15, -0.1) is 0 Å². The number of carbonyl (C=O) groups excluding carboxylic acids is 1. The fraction of sp³-hybridized carbons (Fsp3) is 0.385. The molecule has 1 amide bonds. The standard InChI is InChI=1S/C13H15NO4/c1-9(15)14-6-4-10-2-3-12(18-13(16)17)8-11(10)5-7-14/h2-3,8H,4-7H2,1H3,(H,16,17). The zero-order valence-electron chi connectivity index (χ0n) is 10.2. The second-order valence-electron chi connectivity index (χ2n) is 4.30. The molecule has 1 N–H and O–H groups in total. The van der Waals surface area contributed by atoms with Gasteiger partial charge in [-0.05, 0) is 36.1 Å². The first kappa shape index (κ1) is 12.4. The zero-order chi connectivity index (χ0) is 13.1. The lowest BCUT2D eigenvalue weighted by Gasteiger charge is -2.17. The average molecular weight is 249 g/mol. The summed E-state index contributed by atoms with van der Waals surface area (Å²) >= 11 is 0. The summed E-state index contributed by atoms with van der Waals surface area (Å²) in [4.78, 5) is 23.6. The molecule has 1 heterocycles. The van der Waals surface area contributed by atoms with Crippen LogP contribution >= 0.6 is 0 Å². The Balaban J connectivity index is 2.17. The van der Waals surface area contributed by atoms with Gasteiger partial charge in [0.1, 0.15) is 5.75 Å². The lowest BCUT2D eigenvalue weighted by molar-refractivity contribution is -0.128. The largest absolute Gasteiger partial charge is 0.511 e. The van der Waals surface area contributed by atoms with Gasteiger partial charge >= 0.3 is 6.16 Å². The van der Waals surface area contributed by atoms with Crippen LogP contribution in [0.5, 0.6) is 5.75 Å². The van der Waals surface area contributed by atoms with Crippen molar-refractivity contribution in [1.29, 1.82) is 0 Å². The van der Waals surface area contributed by atoms with Crippen molar-refractivity contribution in [2.24, 2.45) is 0 Å². The average Bonchev–Trinajstić information content (AvgIpc) is 2.50. The molecule has 0 aliphatic carbocycles. The molecule has 1 aromatic carbocycles. The van der Waals surface area contributed by atoms with Gasteiger partial charge in [-0.1, -0.05) is 6.07 Å². The number of ether oxygens (including phenoxy) is 1. The predicted molar refractivity (Wildman–Crippen MR) is 64.8 cm³/mol. The molecule has 0 bridgehead atoms. The molecule has 0 spiro atoms. The van der Waals surface area contributed by atoms with E-state index < -0.39 is 6.16 Å². The highest BCUT2D eigenvalue weighted by Crippen LogP contribution is 2.22. The van der Waals surface area contributed by atoms with E-state index in [4.69, 9.17) is 5.11 Å². The van der Waals surface area contributed by atoms with Crippen LogP contribution in [0.25, 0.3) is 0 Å². The van der Waals surface area contributed by atoms with Gasteiger partial charge in [0.25, 0.3) is 0 Å². The third-order valence-electron chi connectivity index (χ3n) is 3.13. The molecule has 1 aromatic rings. The molecular formula is C13H15NO4. The summed E-state index contributed by atoms with van der Waals surface area (Å²) in [5, 5.41) is 8.57. The molecule has 96 valence electrons. The number of benzene rings is 1. The second kappa shape index (κ2) is 5.08. The molecule has 5 heteroatoms. The van der Waals surface area contributed by atoms with Gasteiger partial charge in [0.05, 0.1) is 0 Å². The Bertz CT molecular complexity index is 484. The van der Waals surface area contributed by atoms with Crippen LogP contribution in [0.3, 0.4) is 0 Å². The van der Waals surface area contributed by atoms with Crippen molar-refractivity contribution in [3.8, 4) is 5.75 Å². The van der Waals surface area contributed by atoms with Gasteiger partial charge in [-0.3, -0.25) is 4.79 Å². The lowest BCUT2D eigenvalue weighted by Crippen LogP contribution is -2.30. The predicted octanol–water partition coefficient (Wildman–Crippen LogP) is 1.69. The molecule has 1 aliphatic heterocycles. The maximum Gasteiger partial charge on any atom is 0.511 e. The third kappa shape index (κ3) is 2.80. The van der Waals surface area contributed by atoms with E-state index in [-0.39, 0.29) is 5.91 Å². The van der Waals surface area contributed by atoms with Gasteiger partial charge in [0.15, 0.2) is 0 Å². The fourth-order valence-electron chi connectivity index (χ4n) is 2.18. The lowest BCUT2D eigenvalue weighted by atomic mass is 10.0. The van der Waals surface area contributed by atoms with Gasteiger partial charge < -0.3 is 14.7 Å². The minimum atomic E-state index is -1.31. The Labute approximate surface area is 105 Å². The van der Waals surface area contributed by atoms with Crippen molar-refractivity contribution in [3.63, 3.8) is 0 Å². The van der Waals surface area contributed by atoms with Crippen LogP contribution in [-0.4, -0.2) is 35.2 Å². The molecule has 0 atom stereocenters.